The van der Waals surface area contributed by atoms with E-state index in [1.54, 1.807) is 36.4 Å². The number of rotatable bonds is 4. The maximum Gasteiger partial charge on any atom is 0.266 e. The predicted molar refractivity (Wildman–Crippen MR) is 110 cm³/mol. The van der Waals surface area contributed by atoms with Crippen LogP contribution in [-0.2, 0) is 6.54 Å². The second kappa shape index (κ2) is 7.67. The van der Waals surface area contributed by atoms with Crippen LogP contribution in [-0.4, -0.2) is 15.5 Å². The van der Waals surface area contributed by atoms with E-state index in [2.05, 4.69) is 10.3 Å². The molecule has 0 saturated heterocycles. The molecule has 29 heavy (non-hydrogen) atoms. The molecule has 0 radical (unpaired) electrons. The topological polar surface area (TPSA) is 64.0 Å². The van der Waals surface area contributed by atoms with Gasteiger partial charge in [-0.25, -0.2) is 9.37 Å². The lowest BCUT2D eigenvalue weighted by Gasteiger charge is -2.15. The summed E-state index contributed by atoms with van der Waals surface area (Å²) < 4.78 is 14.8. The molecule has 6 heteroatoms. The van der Waals surface area contributed by atoms with Crippen LogP contribution >= 0.6 is 0 Å². The van der Waals surface area contributed by atoms with Crippen molar-refractivity contribution in [3.63, 3.8) is 0 Å². The van der Waals surface area contributed by atoms with E-state index >= 15 is 0 Å². The van der Waals surface area contributed by atoms with E-state index in [4.69, 9.17) is 0 Å². The Balaban J connectivity index is 1.77. The smallest absolute Gasteiger partial charge is 0.266 e. The average Bonchev–Trinajstić information content (AvgIpc) is 2.73. The molecule has 1 heterocycles. The number of amides is 1. The van der Waals surface area contributed by atoms with Gasteiger partial charge in [0.25, 0.3) is 11.5 Å². The van der Waals surface area contributed by atoms with Crippen LogP contribution in [0.3, 0.4) is 0 Å². The van der Waals surface area contributed by atoms with Crippen molar-refractivity contribution in [3.8, 4) is 5.69 Å². The SMILES string of the molecule is Cc1ccccc1C(=O)NCc1nc2ccccc2c(=O)n1-c1ccc(F)cc1. The lowest BCUT2D eigenvalue weighted by Crippen LogP contribution is -2.30. The summed E-state index contributed by atoms with van der Waals surface area (Å²) in [6.07, 6.45) is 0. The van der Waals surface area contributed by atoms with E-state index in [0.29, 0.717) is 28.0 Å². The highest BCUT2D eigenvalue weighted by Gasteiger charge is 2.15. The van der Waals surface area contributed by atoms with Gasteiger partial charge in [0.1, 0.15) is 11.6 Å². The van der Waals surface area contributed by atoms with Crippen molar-refractivity contribution in [1.29, 1.82) is 0 Å². The number of nitrogens with one attached hydrogen (secondary N) is 1. The molecule has 1 aromatic heterocycles. The lowest BCUT2D eigenvalue weighted by molar-refractivity contribution is 0.0949. The zero-order valence-corrected chi connectivity index (χ0v) is 15.7. The molecule has 0 atom stereocenters. The van der Waals surface area contributed by atoms with Gasteiger partial charge < -0.3 is 5.32 Å². The lowest BCUT2D eigenvalue weighted by atomic mass is 10.1. The number of halogens is 1. The monoisotopic (exact) mass is 387 g/mol. The van der Waals surface area contributed by atoms with Gasteiger partial charge in [-0.2, -0.15) is 0 Å². The first-order valence-electron chi connectivity index (χ1n) is 9.15. The molecule has 0 fully saturated rings. The van der Waals surface area contributed by atoms with Crippen molar-refractivity contribution in [2.24, 2.45) is 0 Å². The third-order valence-electron chi connectivity index (χ3n) is 4.73. The molecule has 4 aromatic rings. The summed E-state index contributed by atoms with van der Waals surface area (Å²) in [5.74, 6) is -0.289. The second-order valence-corrected chi connectivity index (χ2v) is 6.66. The molecule has 3 aromatic carbocycles. The van der Waals surface area contributed by atoms with Crippen molar-refractivity contribution < 1.29 is 9.18 Å². The van der Waals surface area contributed by atoms with E-state index in [1.165, 1.54) is 28.8 Å². The molecule has 0 bridgehead atoms. The van der Waals surface area contributed by atoms with Crippen LogP contribution in [0.4, 0.5) is 4.39 Å². The first-order chi connectivity index (χ1) is 14.0. The Morgan fingerprint density at radius 3 is 2.45 bits per heavy atom. The van der Waals surface area contributed by atoms with E-state index < -0.39 is 5.82 Å². The Labute approximate surface area is 166 Å². The van der Waals surface area contributed by atoms with Crippen molar-refractivity contribution in [3.05, 3.63) is 106 Å². The molecule has 0 aliphatic rings. The Morgan fingerprint density at radius 1 is 1.00 bits per heavy atom. The molecule has 5 nitrogen and oxygen atoms in total. The summed E-state index contributed by atoms with van der Waals surface area (Å²) in [5, 5.41) is 3.28. The summed E-state index contributed by atoms with van der Waals surface area (Å²) in [6.45, 7) is 1.91. The molecule has 0 aliphatic heterocycles. The van der Waals surface area contributed by atoms with Crippen LogP contribution in [0.25, 0.3) is 16.6 Å². The number of benzene rings is 3. The van der Waals surface area contributed by atoms with Crippen molar-refractivity contribution in [2.45, 2.75) is 13.5 Å². The second-order valence-electron chi connectivity index (χ2n) is 6.66. The van der Waals surface area contributed by atoms with E-state index in [-0.39, 0.29) is 18.0 Å². The fraction of sp³-hybridized carbons (Fsp3) is 0.0870. The quantitative estimate of drug-likeness (QED) is 0.580. The van der Waals surface area contributed by atoms with Crippen LogP contribution in [0.5, 0.6) is 0 Å². The van der Waals surface area contributed by atoms with Crippen molar-refractivity contribution in [1.82, 2.24) is 14.9 Å². The highest BCUT2D eigenvalue weighted by atomic mass is 19.1. The van der Waals surface area contributed by atoms with Gasteiger partial charge in [-0.1, -0.05) is 30.3 Å². The first-order valence-corrected chi connectivity index (χ1v) is 9.15. The Morgan fingerprint density at radius 2 is 1.69 bits per heavy atom. The fourth-order valence-corrected chi connectivity index (χ4v) is 3.24. The van der Waals surface area contributed by atoms with Gasteiger partial charge in [0.05, 0.1) is 23.1 Å². The van der Waals surface area contributed by atoms with Crippen LogP contribution < -0.4 is 10.9 Å². The summed E-state index contributed by atoms with van der Waals surface area (Å²) in [7, 11) is 0. The minimum Gasteiger partial charge on any atom is -0.345 e. The minimum absolute atomic E-state index is 0.0462. The Hall–Kier alpha value is -3.80. The van der Waals surface area contributed by atoms with Crippen LogP contribution in [0.2, 0.25) is 0 Å². The number of carbonyl (C=O) groups is 1. The van der Waals surface area contributed by atoms with E-state index in [0.717, 1.165) is 5.56 Å². The molecule has 1 amide bonds. The largest absolute Gasteiger partial charge is 0.345 e. The third kappa shape index (κ3) is 3.65. The number of aromatic nitrogens is 2. The van der Waals surface area contributed by atoms with Gasteiger partial charge in [-0.05, 0) is 55.0 Å². The van der Waals surface area contributed by atoms with Crippen molar-refractivity contribution >= 4 is 16.8 Å². The summed E-state index contributed by atoms with van der Waals surface area (Å²) in [5.41, 5.74) is 2.16. The normalized spacial score (nSPS) is 10.8. The third-order valence-corrected chi connectivity index (χ3v) is 4.73. The minimum atomic E-state index is -0.398. The van der Waals surface area contributed by atoms with Gasteiger partial charge in [0.15, 0.2) is 0 Å². The molecule has 0 saturated carbocycles. The zero-order valence-electron chi connectivity index (χ0n) is 15.7. The number of aryl methyl sites for hydroxylation is 1. The van der Waals surface area contributed by atoms with Crippen LogP contribution in [0.15, 0.2) is 77.6 Å². The number of hydrogen-bond donors (Lipinski definition) is 1. The molecule has 1 N–H and O–H groups in total. The molecule has 0 aliphatic carbocycles. The van der Waals surface area contributed by atoms with Crippen molar-refractivity contribution in [2.75, 3.05) is 0 Å². The average molecular weight is 387 g/mol. The highest BCUT2D eigenvalue weighted by molar-refractivity contribution is 5.95. The number of hydrogen-bond acceptors (Lipinski definition) is 3. The van der Waals surface area contributed by atoms with E-state index in [1.807, 2.05) is 19.1 Å². The highest BCUT2D eigenvalue weighted by Crippen LogP contribution is 2.14. The first kappa shape index (κ1) is 18.6. The van der Waals surface area contributed by atoms with Gasteiger partial charge in [0, 0.05) is 5.56 Å². The summed E-state index contributed by atoms with van der Waals surface area (Å²) in [6, 6.07) is 19.9. The van der Waals surface area contributed by atoms with E-state index in [9.17, 15) is 14.0 Å². The molecular formula is C23H18FN3O2. The van der Waals surface area contributed by atoms with Crippen LogP contribution in [0.1, 0.15) is 21.7 Å². The number of nitrogens with zero attached hydrogens (tertiary/aromatic N) is 2. The Kier molecular flexibility index (Phi) is 4.91. The van der Waals surface area contributed by atoms with Gasteiger partial charge in [0.2, 0.25) is 0 Å². The fourth-order valence-electron chi connectivity index (χ4n) is 3.24. The Bertz CT molecular complexity index is 1260. The van der Waals surface area contributed by atoms with Gasteiger partial charge >= 0.3 is 0 Å². The maximum absolute atomic E-state index is 13.4. The number of para-hydroxylation sites is 1. The number of carbonyl (C=O) groups excluding carboxylic acids is 1. The molecule has 0 unspecified atom stereocenters. The summed E-state index contributed by atoms with van der Waals surface area (Å²) in [4.78, 5) is 30.3. The maximum atomic E-state index is 13.4. The molecular weight excluding hydrogens is 369 g/mol. The van der Waals surface area contributed by atoms with Crippen LogP contribution in [0, 0.1) is 12.7 Å². The molecule has 4 rings (SSSR count). The standard InChI is InChI=1S/C23H18FN3O2/c1-15-6-2-3-7-18(15)22(28)25-14-21-26-20-9-5-4-8-19(20)23(29)27(21)17-12-10-16(24)11-13-17/h2-13H,14H2,1H3,(H,25,28). The predicted octanol–water partition coefficient (Wildman–Crippen LogP) is 3.76. The molecule has 144 valence electrons. The number of fused-ring (bicyclic) bond motifs is 1. The molecule has 0 spiro atoms. The van der Waals surface area contributed by atoms with Gasteiger partial charge in [-0.15, -0.1) is 0 Å². The zero-order chi connectivity index (χ0) is 20.4. The summed E-state index contributed by atoms with van der Waals surface area (Å²) >= 11 is 0. The van der Waals surface area contributed by atoms with Gasteiger partial charge in [-0.3, -0.25) is 14.2 Å².